The van der Waals surface area contributed by atoms with Crippen molar-refractivity contribution in [3.63, 3.8) is 0 Å². The van der Waals surface area contributed by atoms with E-state index in [1.165, 1.54) is 4.90 Å². The number of rotatable bonds is 6. The van der Waals surface area contributed by atoms with E-state index in [4.69, 9.17) is 5.84 Å². The Bertz CT molecular complexity index is 557. The molecule has 0 unspecified atom stereocenters. The molecule has 0 bridgehead atoms. The minimum absolute atomic E-state index is 0.154. The maximum atomic E-state index is 12.3. The van der Waals surface area contributed by atoms with E-state index in [1.54, 1.807) is 12.1 Å². The van der Waals surface area contributed by atoms with E-state index in [0.29, 0.717) is 31.4 Å². The molecule has 2 rings (SSSR count). The predicted molar refractivity (Wildman–Crippen MR) is 77.0 cm³/mol. The minimum Gasteiger partial charge on any atom is -0.294 e. The highest BCUT2D eigenvalue weighted by Crippen LogP contribution is 2.20. The van der Waals surface area contributed by atoms with Crippen LogP contribution in [0, 0.1) is 0 Å². The zero-order valence-electron chi connectivity index (χ0n) is 11.8. The topological polar surface area (TPSA) is 92.5 Å². The van der Waals surface area contributed by atoms with Crippen molar-refractivity contribution < 1.29 is 14.4 Å². The van der Waals surface area contributed by atoms with E-state index in [0.717, 1.165) is 12.0 Å². The van der Waals surface area contributed by atoms with Crippen LogP contribution in [-0.4, -0.2) is 29.2 Å². The number of hydrazine groups is 1. The summed E-state index contributed by atoms with van der Waals surface area (Å²) >= 11 is 0. The van der Waals surface area contributed by atoms with Crippen molar-refractivity contribution in [2.45, 2.75) is 32.1 Å². The molecule has 6 heteroatoms. The van der Waals surface area contributed by atoms with Crippen molar-refractivity contribution in [3.8, 4) is 0 Å². The van der Waals surface area contributed by atoms with Crippen molar-refractivity contribution >= 4 is 17.7 Å². The lowest BCUT2D eigenvalue weighted by Crippen LogP contribution is -2.42. The third-order valence-electron chi connectivity index (χ3n) is 3.58. The zero-order chi connectivity index (χ0) is 15.2. The first-order valence-electron chi connectivity index (χ1n) is 7.05. The second-order valence-corrected chi connectivity index (χ2v) is 5.06. The molecule has 0 saturated carbocycles. The SMILES string of the molecule is NNC(=O)CCCCCN1C(=O)Cc2ccccc2C1=O. The molecule has 0 radical (unpaired) electrons. The molecule has 112 valence electrons. The Hall–Kier alpha value is -2.21. The number of fused-ring (bicyclic) bond motifs is 1. The molecule has 1 aliphatic heterocycles. The highest BCUT2D eigenvalue weighted by atomic mass is 16.2. The van der Waals surface area contributed by atoms with Crippen molar-refractivity contribution in [3.05, 3.63) is 35.4 Å². The van der Waals surface area contributed by atoms with Gasteiger partial charge < -0.3 is 0 Å². The lowest BCUT2D eigenvalue weighted by atomic mass is 9.98. The highest BCUT2D eigenvalue weighted by molar-refractivity contribution is 6.09. The first kappa shape index (κ1) is 15.2. The fourth-order valence-corrected chi connectivity index (χ4v) is 2.43. The molecular formula is C15H19N3O3. The van der Waals surface area contributed by atoms with E-state index in [2.05, 4.69) is 5.43 Å². The largest absolute Gasteiger partial charge is 0.294 e. The van der Waals surface area contributed by atoms with Crippen LogP contribution in [0.1, 0.15) is 41.6 Å². The Kier molecular flexibility index (Phi) is 5.05. The van der Waals surface area contributed by atoms with E-state index in [-0.39, 0.29) is 24.1 Å². The summed E-state index contributed by atoms with van der Waals surface area (Å²) < 4.78 is 0. The van der Waals surface area contributed by atoms with Gasteiger partial charge in [-0.25, -0.2) is 5.84 Å². The van der Waals surface area contributed by atoms with Gasteiger partial charge in [0, 0.05) is 18.5 Å². The van der Waals surface area contributed by atoms with Crippen LogP contribution in [0.3, 0.4) is 0 Å². The van der Waals surface area contributed by atoms with Gasteiger partial charge in [0.05, 0.1) is 6.42 Å². The zero-order valence-corrected chi connectivity index (χ0v) is 11.8. The summed E-state index contributed by atoms with van der Waals surface area (Å²) in [6.07, 6.45) is 2.79. The summed E-state index contributed by atoms with van der Waals surface area (Å²) in [5.74, 6) is 4.41. The van der Waals surface area contributed by atoms with E-state index >= 15 is 0 Å². The van der Waals surface area contributed by atoms with Crippen molar-refractivity contribution in [1.82, 2.24) is 10.3 Å². The van der Waals surface area contributed by atoms with Gasteiger partial charge in [-0.2, -0.15) is 0 Å². The first-order chi connectivity index (χ1) is 10.1. The normalized spacial score (nSPS) is 14.0. The van der Waals surface area contributed by atoms with Gasteiger partial charge >= 0.3 is 0 Å². The average Bonchev–Trinajstić information content (AvgIpc) is 2.49. The molecule has 0 spiro atoms. The van der Waals surface area contributed by atoms with Crippen LogP contribution in [0.25, 0.3) is 0 Å². The number of unbranched alkanes of at least 4 members (excludes halogenated alkanes) is 2. The summed E-state index contributed by atoms with van der Waals surface area (Å²) in [7, 11) is 0. The van der Waals surface area contributed by atoms with Crippen molar-refractivity contribution in [2.24, 2.45) is 5.84 Å². The quantitative estimate of drug-likeness (QED) is 0.266. The Labute approximate surface area is 123 Å². The van der Waals surface area contributed by atoms with E-state index in [9.17, 15) is 14.4 Å². The van der Waals surface area contributed by atoms with Crippen molar-refractivity contribution in [1.29, 1.82) is 0 Å². The number of carbonyl (C=O) groups excluding carboxylic acids is 3. The van der Waals surface area contributed by atoms with Crippen LogP contribution >= 0.6 is 0 Å². The summed E-state index contributed by atoms with van der Waals surface area (Å²) in [5, 5.41) is 0. The standard InChI is InChI=1S/C15H19N3O3/c16-17-13(19)8-2-1-5-9-18-14(20)10-11-6-3-4-7-12(11)15(18)21/h3-4,6-7H,1-2,5,8-10,16H2,(H,17,19). The van der Waals surface area contributed by atoms with Crippen LogP contribution in [0.15, 0.2) is 24.3 Å². The fraction of sp³-hybridized carbons (Fsp3) is 0.400. The molecule has 0 fully saturated rings. The maximum Gasteiger partial charge on any atom is 0.260 e. The Balaban J connectivity index is 1.85. The van der Waals surface area contributed by atoms with Gasteiger partial charge in [-0.05, 0) is 24.5 Å². The molecular weight excluding hydrogens is 270 g/mol. The van der Waals surface area contributed by atoms with E-state index < -0.39 is 0 Å². The fourth-order valence-electron chi connectivity index (χ4n) is 2.43. The number of hydrogen-bond donors (Lipinski definition) is 2. The molecule has 0 atom stereocenters. The molecule has 1 heterocycles. The van der Waals surface area contributed by atoms with Gasteiger partial charge in [0.15, 0.2) is 0 Å². The van der Waals surface area contributed by atoms with Crippen LogP contribution in [0.5, 0.6) is 0 Å². The molecule has 1 aliphatic rings. The molecule has 3 N–H and O–H groups in total. The van der Waals surface area contributed by atoms with Gasteiger partial charge in [-0.3, -0.25) is 24.7 Å². The summed E-state index contributed by atoms with van der Waals surface area (Å²) in [6, 6.07) is 7.20. The van der Waals surface area contributed by atoms with Gasteiger partial charge in [-0.1, -0.05) is 24.6 Å². The number of hydrogen-bond acceptors (Lipinski definition) is 4. The van der Waals surface area contributed by atoms with Crippen molar-refractivity contribution in [2.75, 3.05) is 6.54 Å². The number of nitrogens with one attached hydrogen (secondary N) is 1. The molecule has 0 aromatic heterocycles. The van der Waals surface area contributed by atoms with E-state index in [1.807, 2.05) is 12.1 Å². The Morgan fingerprint density at radius 1 is 1.19 bits per heavy atom. The molecule has 3 amide bonds. The van der Waals surface area contributed by atoms with Gasteiger partial charge in [0.2, 0.25) is 11.8 Å². The second kappa shape index (κ2) is 6.99. The number of benzene rings is 1. The Morgan fingerprint density at radius 2 is 1.95 bits per heavy atom. The van der Waals surface area contributed by atoms with Crippen LogP contribution in [-0.2, 0) is 16.0 Å². The number of amides is 3. The Morgan fingerprint density at radius 3 is 2.71 bits per heavy atom. The lowest BCUT2D eigenvalue weighted by molar-refractivity contribution is -0.128. The number of nitrogens with two attached hydrogens (primary N) is 1. The van der Waals surface area contributed by atoms with Crippen LogP contribution in [0.4, 0.5) is 0 Å². The molecule has 21 heavy (non-hydrogen) atoms. The second-order valence-electron chi connectivity index (χ2n) is 5.06. The summed E-state index contributed by atoms with van der Waals surface area (Å²) in [5.41, 5.74) is 3.48. The maximum absolute atomic E-state index is 12.3. The van der Waals surface area contributed by atoms with Gasteiger partial charge in [0.25, 0.3) is 5.91 Å². The molecule has 0 saturated heterocycles. The third-order valence-corrected chi connectivity index (χ3v) is 3.58. The highest BCUT2D eigenvalue weighted by Gasteiger charge is 2.29. The smallest absolute Gasteiger partial charge is 0.260 e. The predicted octanol–water partition coefficient (Wildman–Crippen LogP) is 0.762. The third kappa shape index (κ3) is 3.66. The number of nitrogens with zero attached hydrogens (tertiary/aromatic N) is 1. The lowest BCUT2D eigenvalue weighted by Gasteiger charge is -2.26. The average molecular weight is 289 g/mol. The monoisotopic (exact) mass is 289 g/mol. The molecule has 0 aliphatic carbocycles. The summed E-state index contributed by atoms with van der Waals surface area (Å²) in [4.78, 5) is 36.6. The first-order valence-corrected chi connectivity index (χ1v) is 7.05. The van der Waals surface area contributed by atoms with Gasteiger partial charge in [0.1, 0.15) is 0 Å². The molecule has 1 aromatic carbocycles. The number of carbonyl (C=O) groups is 3. The van der Waals surface area contributed by atoms with Crippen LogP contribution < -0.4 is 11.3 Å². The minimum atomic E-state index is -0.221. The number of imide groups is 1. The van der Waals surface area contributed by atoms with Gasteiger partial charge in [-0.15, -0.1) is 0 Å². The molecule has 1 aromatic rings. The van der Waals surface area contributed by atoms with Crippen LogP contribution in [0.2, 0.25) is 0 Å². The summed E-state index contributed by atoms with van der Waals surface area (Å²) in [6.45, 7) is 0.399. The molecule has 6 nitrogen and oxygen atoms in total.